The van der Waals surface area contributed by atoms with E-state index in [4.69, 9.17) is 9.84 Å². The van der Waals surface area contributed by atoms with Crippen molar-refractivity contribution in [2.75, 3.05) is 18.6 Å². The highest BCUT2D eigenvalue weighted by atomic mass is 32.2. The van der Waals surface area contributed by atoms with Gasteiger partial charge in [-0.3, -0.25) is 4.79 Å². The van der Waals surface area contributed by atoms with Gasteiger partial charge in [-0.2, -0.15) is 0 Å². The SMILES string of the molecule is COc1ccc(CCSCC(=O)O)cc1C. The Morgan fingerprint density at radius 3 is 2.81 bits per heavy atom. The van der Waals surface area contributed by atoms with Crippen LogP contribution in [-0.2, 0) is 11.2 Å². The van der Waals surface area contributed by atoms with Crippen molar-refractivity contribution in [2.45, 2.75) is 13.3 Å². The van der Waals surface area contributed by atoms with Gasteiger partial charge in [0.15, 0.2) is 0 Å². The van der Waals surface area contributed by atoms with Gasteiger partial charge in [0.1, 0.15) is 5.75 Å². The molecule has 1 aromatic rings. The molecular weight excluding hydrogens is 224 g/mol. The Kier molecular flexibility index (Phi) is 5.19. The molecule has 0 saturated heterocycles. The Morgan fingerprint density at radius 1 is 1.50 bits per heavy atom. The third-order valence-electron chi connectivity index (χ3n) is 2.22. The Balaban J connectivity index is 2.43. The van der Waals surface area contributed by atoms with Crippen LogP contribution in [0.4, 0.5) is 0 Å². The first kappa shape index (κ1) is 12.9. The van der Waals surface area contributed by atoms with Crippen LogP contribution in [0.15, 0.2) is 18.2 Å². The number of thioether (sulfide) groups is 1. The molecule has 0 spiro atoms. The van der Waals surface area contributed by atoms with Crippen LogP contribution < -0.4 is 4.74 Å². The van der Waals surface area contributed by atoms with Crippen LogP contribution >= 0.6 is 11.8 Å². The Labute approximate surface area is 99.8 Å². The fourth-order valence-electron chi connectivity index (χ4n) is 1.45. The van der Waals surface area contributed by atoms with E-state index in [0.29, 0.717) is 0 Å². The predicted molar refractivity (Wildman–Crippen MR) is 66.4 cm³/mol. The maximum atomic E-state index is 10.3. The standard InChI is InChI=1S/C12H16O3S/c1-9-7-10(3-4-11(9)15-2)5-6-16-8-12(13)14/h3-4,7H,5-6,8H2,1-2H3,(H,13,14). The average molecular weight is 240 g/mol. The Morgan fingerprint density at radius 2 is 2.25 bits per heavy atom. The number of ether oxygens (including phenoxy) is 1. The van der Waals surface area contributed by atoms with Crippen molar-refractivity contribution < 1.29 is 14.6 Å². The van der Waals surface area contributed by atoms with Gasteiger partial charge < -0.3 is 9.84 Å². The van der Waals surface area contributed by atoms with E-state index in [2.05, 4.69) is 6.07 Å². The third kappa shape index (κ3) is 4.14. The molecule has 0 saturated carbocycles. The van der Waals surface area contributed by atoms with E-state index in [0.717, 1.165) is 23.5 Å². The van der Waals surface area contributed by atoms with Gasteiger partial charge >= 0.3 is 5.97 Å². The number of hydrogen-bond donors (Lipinski definition) is 1. The first-order chi connectivity index (χ1) is 7.63. The number of benzene rings is 1. The number of carboxylic acids is 1. The first-order valence-corrected chi connectivity index (χ1v) is 6.22. The molecule has 0 aromatic heterocycles. The minimum Gasteiger partial charge on any atom is -0.496 e. The van der Waals surface area contributed by atoms with Gasteiger partial charge in [-0.1, -0.05) is 12.1 Å². The molecule has 16 heavy (non-hydrogen) atoms. The average Bonchev–Trinajstić information content (AvgIpc) is 2.24. The third-order valence-corrected chi connectivity index (χ3v) is 3.16. The lowest BCUT2D eigenvalue weighted by molar-refractivity contribution is -0.133. The minimum atomic E-state index is -0.754. The molecular formula is C12H16O3S. The second-order valence-corrected chi connectivity index (χ2v) is 4.61. The van der Waals surface area contributed by atoms with E-state index in [1.165, 1.54) is 17.3 Å². The minimum absolute atomic E-state index is 0.176. The Bertz CT molecular complexity index is 363. The van der Waals surface area contributed by atoms with Crippen LogP contribution in [-0.4, -0.2) is 29.7 Å². The van der Waals surface area contributed by atoms with Crippen LogP contribution in [0.1, 0.15) is 11.1 Å². The largest absolute Gasteiger partial charge is 0.496 e. The van der Waals surface area contributed by atoms with Crippen LogP contribution in [0, 0.1) is 6.92 Å². The van der Waals surface area contributed by atoms with Gasteiger partial charge in [0.25, 0.3) is 0 Å². The highest BCUT2D eigenvalue weighted by molar-refractivity contribution is 7.99. The molecule has 0 bridgehead atoms. The second-order valence-electron chi connectivity index (χ2n) is 3.50. The summed E-state index contributed by atoms with van der Waals surface area (Å²) in [5, 5.41) is 8.49. The summed E-state index contributed by atoms with van der Waals surface area (Å²) in [4.78, 5) is 10.3. The number of rotatable bonds is 6. The molecule has 0 unspecified atom stereocenters. The molecule has 0 amide bonds. The zero-order valence-electron chi connectivity index (χ0n) is 9.53. The van der Waals surface area contributed by atoms with Crippen molar-refractivity contribution in [3.05, 3.63) is 29.3 Å². The fourth-order valence-corrected chi connectivity index (χ4v) is 2.14. The molecule has 0 fully saturated rings. The summed E-state index contributed by atoms with van der Waals surface area (Å²) in [6, 6.07) is 6.06. The van der Waals surface area contributed by atoms with Gasteiger partial charge in [0.05, 0.1) is 12.9 Å². The van der Waals surface area contributed by atoms with Gasteiger partial charge in [-0.05, 0) is 36.3 Å². The van der Waals surface area contributed by atoms with Gasteiger partial charge in [0, 0.05) is 0 Å². The molecule has 0 aliphatic heterocycles. The smallest absolute Gasteiger partial charge is 0.313 e. The summed E-state index contributed by atoms with van der Waals surface area (Å²) in [5.41, 5.74) is 2.33. The highest BCUT2D eigenvalue weighted by Crippen LogP contribution is 2.19. The number of aliphatic carboxylic acids is 1. The highest BCUT2D eigenvalue weighted by Gasteiger charge is 2.01. The molecule has 4 heteroatoms. The monoisotopic (exact) mass is 240 g/mol. The second kappa shape index (κ2) is 6.43. The normalized spacial score (nSPS) is 10.1. The van der Waals surface area contributed by atoms with Crippen molar-refractivity contribution in [1.82, 2.24) is 0 Å². The van der Waals surface area contributed by atoms with Crippen molar-refractivity contribution >= 4 is 17.7 Å². The van der Waals surface area contributed by atoms with E-state index in [9.17, 15) is 4.79 Å². The molecule has 1 rings (SSSR count). The molecule has 3 nitrogen and oxygen atoms in total. The summed E-state index contributed by atoms with van der Waals surface area (Å²) in [7, 11) is 1.66. The van der Waals surface area contributed by atoms with E-state index in [1.807, 2.05) is 19.1 Å². The van der Waals surface area contributed by atoms with Crippen LogP contribution in [0.3, 0.4) is 0 Å². The molecule has 0 heterocycles. The number of carboxylic acid groups (broad SMARTS) is 1. The van der Waals surface area contributed by atoms with Crippen molar-refractivity contribution in [3.63, 3.8) is 0 Å². The molecule has 0 aliphatic carbocycles. The lowest BCUT2D eigenvalue weighted by Crippen LogP contribution is -2.00. The zero-order valence-corrected chi connectivity index (χ0v) is 10.3. The quantitative estimate of drug-likeness (QED) is 0.775. The molecule has 88 valence electrons. The summed E-state index contributed by atoms with van der Waals surface area (Å²) >= 11 is 1.44. The molecule has 0 radical (unpaired) electrons. The number of carbonyl (C=O) groups is 1. The Hall–Kier alpha value is -1.16. The van der Waals surface area contributed by atoms with Gasteiger partial charge in [-0.15, -0.1) is 11.8 Å². The molecule has 1 N–H and O–H groups in total. The predicted octanol–water partition coefficient (Wildman–Crippen LogP) is 2.36. The molecule has 1 aromatic carbocycles. The number of methoxy groups -OCH3 is 1. The van der Waals surface area contributed by atoms with E-state index in [1.54, 1.807) is 7.11 Å². The van der Waals surface area contributed by atoms with Crippen molar-refractivity contribution in [2.24, 2.45) is 0 Å². The molecule has 0 aliphatic rings. The van der Waals surface area contributed by atoms with E-state index < -0.39 is 5.97 Å². The summed E-state index contributed by atoms with van der Waals surface area (Å²) < 4.78 is 5.17. The van der Waals surface area contributed by atoms with Gasteiger partial charge in [-0.25, -0.2) is 0 Å². The van der Waals surface area contributed by atoms with E-state index >= 15 is 0 Å². The van der Waals surface area contributed by atoms with Crippen LogP contribution in [0.5, 0.6) is 5.75 Å². The zero-order chi connectivity index (χ0) is 12.0. The topological polar surface area (TPSA) is 46.5 Å². The summed E-state index contributed by atoms with van der Waals surface area (Å²) in [6.07, 6.45) is 0.892. The van der Waals surface area contributed by atoms with E-state index in [-0.39, 0.29) is 5.75 Å². The fraction of sp³-hybridized carbons (Fsp3) is 0.417. The maximum Gasteiger partial charge on any atom is 0.313 e. The first-order valence-electron chi connectivity index (χ1n) is 5.06. The summed E-state index contributed by atoms with van der Waals surface area (Å²) in [5.74, 6) is 1.14. The summed E-state index contributed by atoms with van der Waals surface area (Å²) in [6.45, 7) is 2.01. The lowest BCUT2D eigenvalue weighted by Gasteiger charge is -2.06. The number of hydrogen-bond acceptors (Lipinski definition) is 3. The number of aryl methyl sites for hydroxylation is 2. The van der Waals surface area contributed by atoms with Crippen molar-refractivity contribution in [3.8, 4) is 5.75 Å². The van der Waals surface area contributed by atoms with Crippen LogP contribution in [0.2, 0.25) is 0 Å². The van der Waals surface area contributed by atoms with Gasteiger partial charge in [0.2, 0.25) is 0 Å². The lowest BCUT2D eigenvalue weighted by atomic mass is 10.1. The molecule has 0 atom stereocenters. The maximum absolute atomic E-state index is 10.3. The van der Waals surface area contributed by atoms with Crippen molar-refractivity contribution in [1.29, 1.82) is 0 Å². The van der Waals surface area contributed by atoms with Crippen LogP contribution in [0.25, 0.3) is 0 Å².